The topological polar surface area (TPSA) is 89.9 Å². The summed E-state index contributed by atoms with van der Waals surface area (Å²) in [6, 6.07) is 9.84. The maximum atomic E-state index is 12.2. The van der Waals surface area contributed by atoms with Gasteiger partial charge in [0.1, 0.15) is 0 Å². The first-order chi connectivity index (χ1) is 12.9. The maximum absolute atomic E-state index is 12.2. The van der Waals surface area contributed by atoms with Crippen LogP contribution in [0.1, 0.15) is 51.5 Å². The molecule has 1 aromatic carbocycles. The van der Waals surface area contributed by atoms with Crippen LogP contribution in [-0.4, -0.2) is 41.8 Å². The fourth-order valence-electron chi connectivity index (χ4n) is 2.66. The fourth-order valence-corrected chi connectivity index (χ4v) is 3.95. The molecule has 0 aliphatic rings. The Balaban J connectivity index is 2.76. The number of hydrogen-bond donors (Lipinski definition) is 1. The molecular formula is C20H31O6P. The van der Waals surface area contributed by atoms with E-state index in [4.69, 9.17) is 14.6 Å². The number of carbonyl (C=O) groups is 2. The molecule has 3 unspecified atom stereocenters. The second kappa shape index (κ2) is 13.5. The van der Waals surface area contributed by atoms with Crippen LogP contribution in [0.15, 0.2) is 30.3 Å². The molecule has 0 spiro atoms. The van der Waals surface area contributed by atoms with Crippen LogP contribution in [0.5, 0.6) is 0 Å². The normalized spacial score (nSPS) is 14.3. The lowest BCUT2D eigenvalue weighted by Crippen LogP contribution is -2.29. The van der Waals surface area contributed by atoms with Crippen molar-refractivity contribution in [2.45, 2.75) is 64.8 Å². The van der Waals surface area contributed by atoms with E-state index < -0.39 is 26.2 Å². The standard InChI is InChI=1S/C20H31O6P/c1-3-5-11-20(26-19(23)4-2)25-17(14-27(24)15-18(21)22)13-12-16-9-7-6-8-10-16/h6-10,17,20,27H,3-5,11-15H2,1-2H3,(H,21,22). The zero-order valence-electron chi connectivity index (χ0n) is 16.2. The molecule has 0 aliphatic heterocycles. The Morgan fingerprint density at radius 2 is 1.85 bits per heavy atom. The molecule has 1 aromatic rings. The summed E-state index contributed by atoms with van der Waals surface area (Å²) in [5.41, 5.74) is 1.12. The average molecular weight is 398 g/mol. The van der Waals surface area contributed by atoms with Crippen molar-refractivity contribution >= 4 is 19.7 Å². The van der Waals surface area contributed by atoms with Gasteiger partial charge in [-0.15, -0.1) is 0 Å². The maximum Gasteiger partial charge on any atom is 0.310 e. The minimum Gasteiger partial charge on any atom is -0.481 e. The Morgan fingerprint density at radius 1 is 1.15 bits per heavy atom. The summed E-state index contributed by atoms with van der Waals surface area (Å²) in [6.45, 7) is 3.76. The lowest BCUT2D eigenvalue weighted by Gasteiger charge is -2.25. The Labute approximate surface area is 162 Å². The average Bonchev–Trinajstić information content (AvgIpc) is 2.64. The second-order valence-corrected chi connectivity index (χ2v) is 8.35. The number of ether oxygens (including phenoxy) is 2. The molecule has 0 aliphatic carbocycles. The van der Waals surface area contributed by atoms with Crippen molar-refractivity contribution in [2.75, 3.05) is 12.3 Å². The monoisotopic (exact) mass is 398 g/mol. The quantitative estimate of drug-likeness (QED) is 0.288. The molecule has 0 radical (unpaired) electrons. The summed E-state index contributed by atoms with van der Waals surface area (Å²) in [7, 11) is -2.30. The summed E-state index contributed by atoms with van der Waals surface area (Å²) in [5, 5.41) is 8.87. The molecule has 7 heteroatoms. The molecule has 0 fully saturated rings. The molecule has 27 heavy (non-hydrogen) atoms. The van der Waals surface area contributed by atoms with Crippen molar-refractivity contribution in [3.8, 4) is 0 Å². The number of aryl methyl sites for hydroxylation is 1. The van der Waals surface area contributed by atoms with E-state index in [9.17, 15) is 14.2 Å². The van der Waals surface area contributed by atoms with Gasteiger partial charge in [0.15, 0.2) is 0 Å². The smallest absolute Gasteiger partial charge is 0.310 e. The molecule has 1 N–H and O–H groups in total. The van der Waals surface area contributed by atoms with Gasteiger partial charge in [-0.05, 0) is 24.8 Å². The van der Waals surface area contributed by atoms with E-state index in [0.29, 0.717) is 12.8 Å². The summed E-state index contributed by atoms with van der Waals surface area (Å²) in [6.07, 6.45) is 2.66. The first-order valence-electron chi connectivity index (χ1n) is 9.56. The SMILES string of the molecule is CCCCC(OC(=O)CC)OC(CCc1ccccc1)C[PH](=O)CC(=O)O. The lowest BCUT2D eigenvalue weighted by atomic mass is 10.1. The van der Waals surface area contributed by atoms with Gasteiger partial charge in [-0.3, -0.25) is 9.59 Å². The summed E-state index contributed by atoms with van der Waals surface area (Å²) < 4.78 is 23.5. The van der Waals surface area contributed by atoms with Crippen LogP contribution >= 0.6 is 7.80 Å². The molecule has 0 aromatic heterocycles. The van der Waals surface area contributed by atoms with Gasteiger partial charge < -0.3 is 19.1 Å². The van der Waals surface area contributed by atoms with Crippen LogP contribution in [0.3, 0.4) is 0 Å². The van der Waals surface area contributed by atoms with E-state index in [1.54, 1.807) is 6.92 Å². The van der Waals surface area contributed by atoms with Gasteiger partial charge in [0.2, 0.25) is 6.29 Å². The molecule has 3 atom stereocenters. The minimum absolute atomic E-state index is 0.177. The first kappa shape index (κ1) is 23.4. The van der Waals surface area contributed by atoms with Crippen molar-refractivity contribution in [2.24, 2.45) is 0 Å². The number of carboxylic acid groups (broad SMARTS) is 1. The van der Waals surface area contributed by atoms with E-state index >= 15 is 0 Å². The second-order valence-electron chi connectivity index (χ2n) is 6.51. The fraction of sp³-hybridized carbons (Fsp3) is 0.600. The van der Waals surface area contributed by atoms with Crippen LogP contribution in [-0.2, 0) is 30.0 Å². The minimum atomic E-state index is -2.30. The highest BCUT2D eigenvalue weighted by molar-refractivity contribution is 7.45. The highest BCUT2D eigenvalue weighted by atomic mass is 31.1. The van der Waals surface area contributed by atoms with E-state index in [1.165, 1.54) is 0 Å². The van der Waals surface area contributed by atoms with Crippen LogP contribution < -0.4 is 0 Å². The van der Waals surface area contributed by atoms with E-state index in [-0.39, 0.29) is 24.7 Å². The molecule has 0 bridgehead atoms. The molecule has 6 nitrogen and oxygen atoms in total. The number of rotatable bonds is 14. The molecule has 0 amide bonds. The van der Waals surface area contributed by atoms with E-state index in [2.05, 4.69) is 0 Å². The van der Waals surface area contributed by atoms with Gasteiger partial charge in [-0.2, -0.15) is 0 Å². The van der Waals surface area contributed by atoms with Crippen molar-refractivity contribution < 1.29 is 28.7 Å². The van der Waals surface area contributed by atoms with Gasteiger partial charge in [-0.1, -0.05) is 50.6 Å². The highest BCUT2D eigenvalue weighted by Crippen LogP contribution is 2.26. The first-order valence-corrected chi connectivity index (χ1v) is 11.4. The number of esters is 1. The predicted octanol–water partition coefficient (Wildman–Crippen LogP) is 4.12. The van der Waals surface area contributed by atoms with Gasteiger partial charge in [-0.25, -0.2) is 0 Å². The Morgan fingerprint density at radius 3 is 2.44 bits per heavy atom. The number of carbonyl (C=O) groups excluding carboxylic acids is 1. The number of carboxylic acids is 1. The van der Waals surface area contributed by atoms with Gasteiger partial charge in [0.25, 0.3) is 0 Å². The molecule has 0 saturated heterocycles. The third-order valence-electron chi connectivity index (χ3n) is 4.09. The van der Waals surface area contributed by atoms with Gasteiger partial charge in [0, 0.05) is 19.0 Å². The van der Waals surface area contributed by atoms with Crippen LogP contribution in [0.4, 0.5) is 0 Å². The van der Waals surface area contributed by atoms with Crippen LogP contribution in [0.2, 0.25) is 0 Å². The van der Waals surface area contributed by atoms with Crippen molar-refractivity contribution in [1.82, 2.24) is 0 Å². The molecule has 0 heterocycles. The largest absolute Gasteiger partial charge is 0.481 e. The number of aliphatic carboxylic acids is 1. The molecule has 0 saturated carbocycles. The van der Waals surface area contributed by atoms with Crippen molar-refractivity contribution in [3.63, 3.8) is 0 Å². The Hall–Kier alpha value is -1.65. The Kier molecular flexibility index (Phi) is 11.7. The number of hydrogen-bond acceptors (Lipinski definition) is 5. The molecule has 152 valence electrons. The summed E-state index contributed by atoms with van der Waals surface area (Å²) in [4.78, 5) is 22.5. The number of benzene rings is 1. The van der Waals surface area contributed by atoms with Crippen LogP contribution in [0.25, 0.3) is 0 Å². The zero-order valence-corrected chi connectivity index (χ0v) is 17.2. The lowest BCUT2D eigenvalue weighted by molar-refractivity contribution is -0.189. The van der Waals surface area contributed by atoms with Gasteiger partial charge in [0.05, 0.1) is 20.1 Å². The predicted molar refractivity (Wildman–Crippen MR) is 106 cm³/mol. The van der Waals surface area contributed by atoms with Crippen molar-refractivity contribution in [3.05, 3.63) is 35.9 Å². The Bertz CT molecular complexity index is 589. The van der Waals surface area contributed by atoms with Crippen LogP contribution in [0, 0.1) is 0 Å². The third-order valence-corrected chi connectivity index (χ3v) is 5.70. The van der Waals surface area contributed by atoms with E-state index in [1.807, 2.05) is 37.3 Å². The van der Waals surface area contributed by atoms with Crippen molar-refractivity contribution in [1.29, 1.82) is 0 Å². The third kappa shape index (κ3) is 10.9. The number of unbranched alkanes of at least 4 members (excludes halogenated alkanes) is 1. The van der Waals surface area contributed by atoms with Gasteiger partial charge >= 0.3 is 11.9 Å². The molecular weight excluding hydrogens is 367 g/mol. The van der Waals surface area contributed by atoms with E-state index in [0.717, 1.165) is 24.8 Å². The summed E-state index contributed by atoms with van der Waals surface area (Å²) >= 11 is 0. The summed E-state index contributed by atoms with van der Waals surface area (Å²) in [5.74, 6) is -1.41. The molecule has 1 rings (SSSR count). The zero-order chi connectivity index (χ0) is 20.1. The highest BCUT2D eigenvalue weighted by Gasteiger charge is 2.22.